The van der Waals surface area contributed by atoms with Crippen LogP contribution in [0.5, 0.6) is 0 Å². The van der Waals surface area contributed by atoms with Crippen molar-refractivity contribution in [3.05, 3.63) is 54.1 Å². The number of benzene rings is 2. The quantitative estimate of drug-likeness (QED) is 0.941. The zero-order valence-electron chi connectivity index (χ0n) is 11.8. The molecule has 2 aromatic carbocycles. The van der Waals surface area contributed by atoms with Gasteiger partial charge in [0.25, 0.3) is 0 Å². The Morgan fingerprint density at radius 1 is 1.00 bits per heavy atom. The monoisotopic (exact) mass is 290 g/mol. The summed E-state index contributed by atoms with van der Waals surface area (Å²) in [4.78, 5) is 0. The van der Waals surface area contributed by atoms with Crippen molar-refractivity contribution in [3.63, 3.8) is 0 Å². The van der Waals surface area contributed by atoms with E-state index in [0.717, 1.165) is 21.0 Å². The van der Waals surface area contributed by atoms with E-state index in [1.54, 1.807) is 6.07 Å². The summed E-state index contributed by atoms with van der Waals surface area (Å²) in [6, 6.07) is 15.4. The molecule has 0 aliphatic rings. The molecule has 0 bridgehead atoms. The van der Waals surface area contributed by atoms with Crippen LogP contribution in [0.1, 0.15) is 5.56 Å². The maximum absolute atomic E-state index is 12.0. The number of hydrogen-bond acceptors (Lipinski definition) is 2. The molecule has 2 aromatic rings. The molecule has 20 heavy (non-hydrogen) atoms. The van der Waals surface area contributed by atoms with Crippen LogP contribution in [0.2, 0.25) is 0 Å². The van der Waals surface area contributed by atoms with Crippen LogP contribution < -0.4 is 4.72 Å². The smallest absolute Gasteiger partial charge is 0.270 e. The molecule has 0 fully saturated rings. The topological polar surface area (TPSA) is 49.4 Å². The van der Waals surface area contributed by atoms with E-state index >= 15 is 0 Å². The zero-order valence-corrected chi connectivity index (χ0v) is 12.6. The summed E-state index contributed by atoms with van der Waals surface area (Å²) >= 11 is 0. The minimum Gasteiger partial charge on any atom is -0.270 e. The number of anilines is 1. The second-order valence-corrected chi connectivity index (χ2v) is 6.69. The van der Waals surface area contributed by atoms with E-state index in [2.05, 4.69) is 4.72 Å². The maximum atomic E-state index is 12.0. The van der Waals surface area contributed by atoms with Gasteiger partial charge in [0.2, 0.25) is 0 Å². The van der Waals surface area contributed by atoms with E-state index in [1.165, 1.54) is 14.1 Å². The molecular weight excluding hydrogens is 272 g/mol. The van der Waals surface area contributed by atoms with Crippen LogP contribution in [-0.4, -0.2) is 26.8 Å². The van der Waals surface area contributed by atoms with E-state index in [9.17, 15) is 8.42 Å². The van der Waals surface area contributed by atoms with Crippen molar-refractivity contribution in [2.24, 2.45) is 0 Å². The summed E-state index contributed by atoms with van der Waals surface area (Å²) in [5.74, 6) is 0. The molecule has 106 valence electrons. The fourth-order valence-electron chi connectivity index (χ4n) is 1.83. The van der Waals surface area contributed by atoms with Crippen LogP contribution >= 0.6 is 0 Å². The lowest BCUT2D eigenvalue weighted by molar-refractivity contribution is 0.527. The van der Waals surface area contributed by atoms with Gasteiger partial charge in [0.1, 0.15) is 0 Å². The van der Waals surface area contributed by atoms with Gasteiger partial charge >= 0.3 is 10.2 Å². The van der Waals surface area contributed by atoms with Gasteiger partial charge in [0, 0.05) is 19.7 Å². The van der Waals surface area contributed by atoms with Gasteiger partial charge in [-0.2, -0.15) is 12.7 Å². The molecule has 0 radical (unpaired) electrons. The third-order valence-corrected chi connectivity index (χ3v) is 4.42. The first-order chi connectivity index (χ1) is 9.40. The number of nitrogens with zero attached hydrogens (tertiary/aromatic N) is 1. The average molecular weight is 290 g/mol. The van der Waals surface area contributed by atoms with Crippen molar-refractivity contribution in [1.29, 1.82) is 0 Å². The third kappa shape index (κ3) is 3.18. The Kier molecular flexibility index (Phi) is 4.11. The van der Waals surface area contributed by atoms with Crippen molar-refractivity contribution in [3.8, 4) is 11.1 Å². The molecule has 0 atom stereocenters. The van der Waals surface area contributed by atoms with E-state index in [4.69, 9.17) is 0 Å². The van der Waals surface area contributed by atoms with Crippen LogP contribution in [0.4, 0.5) is 5.69 Å². The second kappa shape index (κ2) is 5.64. The molecule has 0 aromatic heterocycles. The van der Waals surface area contributed by atoms with Crippen molar-refractivity contribution in [1.82, 2.24) is 4.31 Å². The standard InChI is InChI=1S/C15H18N2O2S/c1-12-9-10-15(16-20(18,19)17(2)3)14(11-12)13-7-5-4-6-8-13/h4-11,16H,1-3H3. The Bertz CT molecular complexity index is 695. The lowest BCUT2D eigenvalue weighted by atomic mass is 10.0. The van der Waals surface area contributed by atoms with Gasteiger partial charge < -0.3 is 0 Å². The molecule has 4 nitrogen and oxygen atoms in total. The minimum absolute atomic E-state index is 0.579. The predicted molar refractivity (Wildman–Crippen MR) is 82.8 cm³/mol. The molecule has 0 spiro atoms. The molecule has 0 heterocycles. The molecule has 0 saturated heterocycles. The summed E-state index contributed by atoms with van der Waals surface area (Å²) in [6.07, 6.45) is 0. The van der Waals surface area contributed by atoms with Gasteiger partial charge in [0.05, 0.1) is 5.69 Å². The normalized spacial score (nSPS) is 11.6. The first kappa shape index (κ1) is 14.6. The average Bonchev–Trinajstić information content (AvgIpc) is 2.41. The van der Waals surface area contributed by atoms with Gasteiger partial charge in [0.15, 0.2) is 0 Å². The maximum Gasteiger partial charge on any atom is 0.301 e. The largest absolute Gasteiger partial charge is 0.301 e. The molecule has 0 aliphatic heterocycles. The highest BCUT2D eigenvalue weighted by Crippen LogP contribution is 2.29. The summed E-state index contributed by atoms with van der Waals surface area (Å²) in [5, 5.41) is 0. The first-order valence-corrected chi connectivity index (χ1v) is 7.70. The molecule has 2 rings (SSSR count). The Morgan fingerprint density at radius 2 is 1.65 bits per heavy atom. The SMILES string of the molecule is Cc1ccc(NS(=O)(=O)N(C)C)c(-c2ccccc2)c1. The lowest BCUT2D eigenvalue weighted by Gasteiger charge is -2.17. The number of rotatable bonds is 4. The summed E-state index contributed by atoms with van der Waals surface area (Å²) < 4.78 is 27.7. The number of hydrogen-bond donors (Lipinski definition) is 1. The fraction of sp³-hybridized carbons (Fsp3) is 0.200. The highest BCUT2D eigenvalue weighted by Gasteiger charge is 2.15. The zero-order chi connectivity index (χ0) is 14.8. The van der Waals surface area contributed by atoms with Gasteiger partial charge in [-0.1, -0.05) is 42.0 Å². The molecule has 0 unspecified atom stereocenters. The minimum atomic E-state index is -3.51. The van der Waals surface area contributed by atoms with Crippen LogP contribution in [0.15, 0.2) is 48.5 Å². The Balaban J connectivity index is 2.50. The third-order valence-electron chi connectivity index (χ3n) is 2.98. The van der Waals surface area contributed by atoms with Gasteiger partial charge in [-0.05, 0) is 24.6 Å². The van der Waals surface area contributed by atoms with Gasteiger partial charge in [-0.15, -0.1) is 0 Å². The highest BCUT2D eigenvalue weighted by molar-refractivity contribution is 7.90. The Morgan fingerprint density at radius 3 is 2.25 bits per heavy atom. The Labute approximate surface area is 120 Å². The molecule has 1 N–H and O–H groups in total. The second-order valence-electron chi connectivity index (χ2n) is 4.80. The van der Waals surface area contributed by atoms with Crippen molar-refractivity contribution >= 4 is 15.9 Å². The van der Waals surface area contributed by atoms with Gasteiger partial charge in [-0.3, -0.25) is 4.72 Å². The van der Waals surface area contributed by atoms with E-state index in [1.807, 2.05) is 49.4 Å². The molecule has 5 heteroatoms. The van der Waals surface area contributed by atoms with Crippen LogP contribution in [-0.2, 0) is 10.2 Å². The number of aryl methyl sites for hydroxylation is 1. The van der Waals surface area contributed by atoms with Crippen LogP contribution in [0.3, 0.4) is 0 Å². The summed E-state index contributed by atoms with van der Waals surface area (Å²) in [7, 11) is -0.514. The first-order valence-electron chi connectivity index (χ1n) is 6.26. The van der Waals surface area contributed by atoms with Gasteiger partial charge in [-0.25, -0.2) is 0 Å². The van der Waals surface area contributed by atoms with E-state index in [-0.39, 0.29) is 0 Å². The fourth-order valence-corrected chi connectivity index (χ4v) is 2.47. The molecule has 0 amide bonds. The predicted octanol–water partition coefficient (Wildman–Crippen LogP) is 2.88. The summed E-state index contributed by atoms with van der Waals surface area (Å²) in [6.45, 7) is 1.98. The molecule has 0 aliphatic carbocycles. The van der Waals surface area contributed by atoms with Crippen molar-refractivity contribution in [2.45, 2.75) is 6.92 Å². The highest BCUT2D eigenvalue weighted by atomic mass is 32.2. The Hall–Kier alpha value is -1.85. The lowest BCUT2D eigenvalue weighted by Crippen LogP contribution is -2.29. The summed E-state index contributed by atoms with van der Waals surface area (Å²) in [5.41, 5.74) is 3.51. The number of nitrogens with one attached hydrogen (secondary N) is 1. The van der Waals surface area contributed by atoms with Crippen LogP contribution in [0, 0.1) is 6.92 Å². The van der Waals surface area contributed by atoms with Crippen molar-refractivity contribution in [2.75, 3.05) is 18.8 Å². The van der Waals surface area contributed by atoms with Crippen molar-refractivity contribution < 1.29 is 8.42 Å². The van der Waals surface area contributed by atoms with Crippen LogP contribution in [0.25, 0.3) is 11.1 Å². The molecular formula is C15H18N2O2S. The van der Waals surface area contributed by atoms with E-state index in [0.29, 0.717) is 5.69 Å². The van der Waals surface area contributed by atoms with E-state index < -0.39 is 10.2 Å². The molecule has 0 saturated carbocycles.